The minimum Gasteiger partial charge on any atom is -0.438 e. The Labute approximate surface area is 109 Å². The van der Waals surface area contributed by atoms with Gasteiger partial charge in [0.15, 0.2) is 6.39 Å². The van der Waals surface area contributed by atoms with E-state index in [1.807, 2.05) is 6.92 Å². The lowest BCUT2D eigenvalue weighted by molar-refractivity contribution is -0.0273. The molecular formula is C12H14N4O3. The number of morpholine rings is 1. The lowest BCUT2D eigenvalue weighted by Gasteiger charge is -2.31. The molecule has 0 spiro atoms. The monoisotopic (exact) mass is 262 g/mol. The number of hydrogen-bond donors (Lipinski definition) is 1. The van der Waals surface area contributed by atoms with Crippen LogP contribution in [0.15, 0.2) is 23.2 Å². The van der Waals surface area contributed by atoms with Crippen molar-refractivity contribution in [3.8, 4) is 0 Å². The number of carbonyl (C=O) groups excluding carboxylic acids is 1. The normalized spacial score (nSPS) is 19.6. The summed E-state index contributed by atoms with van der Waals surface area (Å²) in [5.74, 6) is 0.818. The molecule has 0 unspecified atom stereocenters. The van der Waals surface area contributed by atoms with E-state index >= 15 is 0 Å². The van der Waals surface area contributed by atoms with Crippen LogP contribution in [0.1, 0.15) is 28.2 Å². The average molecular weight is 262 g/mol. The van der Waals surface area contributed by atoms with E-state index in [1.54, 1.807) is 11.1 Å². The third-order valence-corrected chi connectivity index (χ3v) is 3.02. The molecule has 19 heavy (non-hydrogen) atoms. The van der Waals surface area contributed by atoms with Crippen LogP contribution in [0, 0.1) is 6.92 Å². The molecule has 2 aromatic rings. The van der Waals surface area contributed by atoms with Gasteiger partial charge in [-0.1, -0.05) is 0 Å². The number of aryl methyl sites for hydroxylation is 1. The number of nitrogens with one attached hydrogen (secondary N) is 1. The van der Waals surface area contributed by atoms with Crippen LogP contribution in [0.3, 0.4) is 0 Å². The molecule has 1 fully saturated rings. The lowest BCUT2D eigenvalue weighted by atomic mass is 10.2. The number of amides is 1. The van der Waals surface area contributed by atoms with Gasteiger partial charge in [-0.3, -0.25) is 4.79 Å². The van der Waals surface area contributed by atoms with Crippen LogP contribution in [-0.2, 0) is 4.74 Å². The molecule has 0 saturated carbocycles. The van der Waals surface area contributed by atoms with Gasteiger partial charge in [-0.15, -0.1) is 0 Å². The molecule has 1 aliphatic rings. The number of H-pyrrole nitrogens is 1. The molecule has 1 aliphatic heterocycles. The first-order valence-corrected chi connectivity index (χ1v) is 6.05. The first kappa shape index (κ1) is 11.9. The summed E-state index contributed by atoms with van der Waals surface area (Å²) < 4.78 is 10.7. The minimum absolute atomic E-state index is 0.172. The van der Waals surface area contributed by atoms with Gasteiger partial charge in [0.25, 0.3) is 5.91 Å². The number of aromatic nitrogens is 3. The molecule has 0 aliphatic carbocycles. The van der Waals surface area contributed by atoms with Crippen molar-refractivity contribution in [2.24, 2.45) is 0 Å². The molecule has 1 amide bonds. The number of nitrogens with zero attached hydrogens (tertiary/aromatic N) is 3. The molecule has 2 aromatic heterocycles. The first-order valence-electron chi connectivity index (χ1n) is 6.05. The Morgan fingerprint density at radius 3 is 3.11 bits per heavy atom. The van der Waals surface area contributed by atoms with E-state index in [0.29, 0.717) is 19.7 Å². The van der Waals surface area contributed by atoms with Crippen LogP contribution in [0.4, 0.5) is 0 Å². The van der Waals surface area contributed by atoms with E-state index in [0.717, 1.165) is 11.5 Å². The Morgan fingerprint density at radius 2 is 2.42 bits per heavy atom. The second-order valence-electron chi connectivity index (χ2n) is 4.43. The summed E-state index contributed by atoms with van der Waals surface area (Å²) in [5, 5.41) is 0. The number of carbonyl (C=O) groups is 1. The highest BCUT2D eigenvalue weighted by atomic mass is 16.5. The van der Waals surface area contributed by atoms with Crippen LogP contribution in [0.5, 0.6) is 0 Å². The summed E-state index contributed by atoms with van der Waals surface area (Å²) in [7, 11) is 0. The second-order valence-corrected chi connectivity index (χ2v) is 4.43. The maximum absolute atomic E-state index is 12.1. The summed E-state index contributed by atoms with van der Waals surface area (Å²) in [6.07, 6.45) is 4.19. The molecule has 7 heteroatoms. The van der Waals surface area contributed by atoms with Gasteiger partial charge in [0, 0.05) is 18.4 Å². The van der Waals surface area contributed by atoms with Crippen LogP contribution < -0.4 is 0 Å². The van der Waals surface area contributed by atoms with Crippen molar-refractivity contribution in [1.82, 2.24) is 19.9 Å². The molecule has 0 radical (unpaired) electrons. The zero-order valence-electron chi connectivity index (χ0n) is 10.5. The average Bonchev–Trinajstić information content (AvgIpc) is 3.09. The lowest BCUT2D eigenvalue weighted by Crippen LogP contribution is -2.42. The third kappa shape index (κ3) is 2.37. The molecule has 1 atom stereocenters. The molecular weight excluding hydrogens is 248 g/mol. The maximum Gasteiger partial charge on any atom is 0.291 e. The number of aromatic amines is 1. The highest BCUT2D eigenvalue weighted by molar-refractivity contribution is 5.91. The zero-order valence-corrected chi connectivity index (χ0v) is 10.5. The highest BCUT2D eigenvalue weighted by Gasteiger charge is 2.28. The van der Waals surface area contributed by atoms with E-state index in [-0.39, 0.29) is 17.8 Å². The van der Waals surface area contributed by atoms with Crippen molar-refractivity contribution < 1.29 is 13.9 Å². The van der Waals surface area contributed by atoms with Gasteiger partial charge in [-0.05, 0) is 6.92 Å². The topological polar surface area (TPSA) is 84.2 Å². The van der Waals surface area contributed by atoms with Crippen molar-refractivity contribution >= 4 is 5.91 Å². The summed E-state index contributed by atoms with van der Waals surface area (Å²) in [5.41, 5.74) is 0.970. The van der Waals surface area contributed by atoms with Crippen molar-refractivity contribution in [3.63, 3.8) is 0 Å². The first-order chi connectivity index (χ1) is 9.24. The Morgan fingerprint density at radius 1 is 1.53 bits per heavy atom. The second kappa shape index (κ2) is 4.85. The number of oxazole rings is 1. The van der Waals surface area contributed by atoms with Crippen molar-refractivity contribution in [1.29, 1.82) is 0 Å². The van der Waals surface area contributed by atoms with Gasteiger partial charge >= 0.3 is 0 Å². The van der Waals surface area contributed by atoms with E-state index in [1.165, 1.54) is 12.6 Å². The molecule has 0 bridgehead atoms. The summed E-state index contributed by atoms with van der Waals surface area (Å²) in [6, 6.07) is 0. The highest BCUT2D eigenvalue weighted by Crippen LogP contribution is 2.20. The van der Waals surface area contributed by atoms with Crippen molar-refractivity contribution in [3.05, 3.63) is 36.1 Å². The van der Waals surface area contributed by atoms with Gasteiger partial charge < -0.3 is 19.0 Å². The fourth-order valence-corrected chi connectivity index (χ4v) is 2.07. The number of rotatable bonds is 2. The number of hydrogen-bond acceptors (Lipinski definition) is 5. The number of imidazole rings is 1. The third-order valence-electron chi connectivity index (χ3n) is 3.02. The molecule has 7 nitrogen and oxygen atoms in total. The Bertz CT molecular complexity index is 563. The van der Waals surface area contributed by atoms with Gasteiger partial charge in [0.05, 0.1) is 19.3 Å². The molecule has 0 aromatic carbocycles. The van der Waals surface area contributed by atoms with Crippen molar-refractivity contribution in [2.75, 3.05) is 19.7 Å². The van der Waals surface area contributed by atoms with Gasteiger partial charge in [0.1, 0.15) is 11.9 Å². The molecule has 100 valence electrons. The number of ether oxygens (including phenoxy) is 1. The van der Waals surface area contributed by atoms with Crippen molar-refractivity contribution in [2.45, 2.75) is 13.0 Å². The van der Waals surface area contributed by atoms with Crippen LogP contribution >= 0.6 is 0 Å². The zero-order chi connectivity index (χ0) is 13.2. The quantitative estimate of drug-likeness (QED) is 0.870. The van der Waals surface area contributed by atoms with E-state index in [9.17, 15) is 4.79 Å². The molecule has 3 rings (SSSR count). The largest absolute Gasteiger partial charge is 0.438 e. The van der Waals surface area contributed by atoms with Gasteiger partial charge in [-0.25, -0.2) is 9.97 Å². The fraction of sp³-hybridized carbons (Fsp3) is 0.417. The van der Waals surface area contributed by atoms with Gasteiger partial charge in [0.2, 0.25) is 5.76 Å². The molecule has 3 heterocycles. The summed E-state index contributed by atoms with van der Waals surface area (Å²) >= 11 is 0. The predicted octanol–water partition coefficient (Wildman–Crippen LogP) is 0.920. The standard InChI is InChI=1S/C12H14N4O3/c1-8-4-14-11(15-8)10-6-16(2-3-18-10)12(17)9-5-13-7-19-9/h4-5,7,10H,2-3,6H2,1H3,(H,14,15)/t10-/m1/s1. The molecule has 1 saturated heterocycles. The summed E-state index contributed by atoms with van der Waals surface area (Å²) in [6.45, 7) is 3.39. The maximum atomic E-state index is 12.1. The molecule has 1 N–H and O–H groups in total. The van der Waals surface area contributed by atoms with E-state index in [2.05, 4.69) is 15.0 Å². The van der Waals surface area contributed by atoms with E-state index in [4.69, 9.17) is 9.15 Å². The SMILES string of the molecule is Cc1cnc([C@H]2CN(C(=O)c3cnco3)CCO2)[nH]1. The Hall–Kier alpha value is -2.15. The van der Waals surface area contributed by atoms with Gasteiger partial charge in [-0.2, -0.15) is 0 Å². The minimum atomic E-state index is -0.227. The van der Waals surface area contributed by atoms with Crippen LogP contribution in [-0.4, -0.2) is 45.5 Å². The fourth-order valence-electron chi connectivity index (χ4n) is 2.07. The predicted molar refractivity (Wildman–Crippen MR) is 64.4 cm³/mol. The summed E-state index contributed by atoms with van der Waals surface area (Å²) in [4.78, 5) is 25.0. The Balaban J connectivity index is 1.73. The van der Waals surface area contributed by atoms with Crippen LogP contribution in [0.2, 0.25) is 0 Å². The van der Waals surface area contributed by atoms with Crippen LogP contribution in [0.25, 0.3) is 0 Å². The van der Waals surface area contributed by atoms with E-state index < -0.39 is 0 Å². The Kier molecular flexibility index (Phi) is 3.04. The smallest absolute Gasteiger partial charge is 0.291 e.